The molecule has 0 aliphatic rings. The van der Waals surface area contributed by atoms with Crippen molar-refractivity contribution in [2.24, 2.45) is 0 Å². The number of amides is 1. The van der Waals surface area contributed by atoms with E-state index in [-0.39, 0.29) is 18.6 Å². The summed E-state index contributed by atoms with van der Waals surface area (Å²) in [5.74, 6) is 0.0472. The van der Waals surface area contributed by atoms with E-state index in [1.807, 2.05) is 45.0 Å². The zero-order valence-electron chi connectivity index (χ0n) is 16.8. The largest absolute Gasteiger partial charge is 0.493 e. The second-order valence-electron chi connectivity index (χ2n) is 6.63. The van der Waals surface area contributed by atoms with Gasteiger partial charge in [-0.15, -0.1) is 0 Å². The van der Waals surface area contributed by atoms with Crippen LogP contribution in [0, 0.1) is 6.92 Å². The number of esters is 1. The van der Waals surface area contributed by atoms with Crippen molar-refractivity contribution in [2.75, 3.05) is 20.3 Å². The van der Waals surface area contributed by atoms with Crippen molar-refractivity contribution >= 4 is 11.9 Å². The van der Waals surface area contributed by atoms with Crippen LogP contribution in [-0.2, 0) is 16.0 Å². The Balaban J connectivity index is 1.82. The van der Waals surface area contributed by atoms with Crippen molar-refractivity contribution in [1.29, 1.82) is 0 Å². The van der Waals surface area contributed by atoms with E-state index >= 15 is 0 Å². The predicted octanol–water partition coefficient (Wildman–Crippen LogP) is 3.31. The van der Waals surface area contributed by atoms with Gasteiger partial charge in [-0.1, -0.05) is 24.3 Å². The number of hydrogen-bond donors (Lipinski definition) is 1. The molecule has 2 aromatic rings. The van der Waals surface area contributed by atoms with E-state index in [1.54, 1.807) is 12.1 Å². The van der Waals surface area contributed by atoms with Crippen molar-refractivity contribution in [2.45, 2.75) is 33.3 Å². The van der Waals surface area contributed by atoms with Gasteiger partial charge >= 0.3 is 5.97 Å². The second kappa shape index (κ2) is 10.3. The fourth-order valence-electron chi connectivity index (χ4n) is 2.64. The minimum absolute atomic E-state index is 0.0185. The average molecular weight is 385 g/mol. The maximum atomic E-state index is 12.2. The van der Waals surface area contributed by atoms with Crippen LogP contribution in [-0.4, -0.2) is 38.2 Å². The number of carbonyl (C=O) groups is 2. The summed E-state index contributed by atoms with van der Waals surface area (Å²) in [6.07, 6.45) is 0.705. The molecule has 0 aromatic heterocycles. The average Bonchev–Trinajstić information content (AvgIpc) is 2.67. The molecule has 1 N–H and O–H groups in total. The van der Waals surface area contributed by atoms with Gasteiger partial charge in [0.05, 0.1) is 18.8 Å². The molecule has 0 spiro atoms. The molecule has 150 valence electrons. The third-order valence-corrected chi connectivity index (χ3v) is 4.07. The Morgan fingerprint density at radius 1 is 1.07 bits per heavy atom. The van der Waals surface area contributed by atoms with Gasteiger partial charge in [0.15, 0.2) is 18.1 Å². The van der Waals surface area contributed by atoms with Crippen LogP contribution < -0.4 is 14.8 Å². The molecule has 6 nitrogen and oxygen atoms in total. The Labute approximate surface area is 165 Å². The van der Waals surface area contributed by atoms with E-state index in [2.05, 4.69) is 5.32 Å². The third kappa shape index (κ3) is 6.30. The summed E-state index contributed by atoms with van der Waals surface area (Å²) in [7, 11) is 1.50. The summed E-state index contributed by atoms with van der Waals surface area (Å²) in [6.45, 7) is 5.98. The van der Waals surface area contributed by atoms with Gasteiger partial charge in [-0.3, -0.25) is 4.79 Å². The maximum absolute atomic E-state index is 12.2. The third-order valence-electron chi connectivity index (χ3n) is 4.07. The highest BCUT2D eigenvalue weighted by molar-refractivity contribution is 5.92. The lowest BCUT2D eigenvalue weighted by molar-refractivity contribution is -0.124. The molecule has 28 heavy (non-hydrogen) atoms. The van der Waals surface area contributed by atoms with Gasteiger partial charge in [0.2, 0.25) is 0 Å². The monoisotopic (exact) mass is 385 g/mol. The smallest absolute Gasteiger partial charge is 0.338 e. The van der Waals surface area contributed by atoms with E-state index < -0.39 is 5.97 Å². The summed E-state index contributed by atoms with van der Waals surface area (Å²) < 4.78 is 16.0. The molecule has 0 atom stereocenters. The fraction of sp³-hybridized carbons (Fsp3) is 0.364. The van der Waals surface area contributed by atoms with Crippen molar-refractivity contribution in [3.05, 3.63) is 59.2 Å². The van der Waals surface area contributed by atoms with Crippen molar-refractivity contribution in [1.82, 2.24) is 5.32 Å². The molecule has 0 radical (unpaired) electrons. The van der Waals surface area contributed by atoms with Crippen LogP contribution in [0.1, 0.15) is 35.3 Å². The summed E-state index contributed by atoms with van der Waals surface area (Å²) in [6, 6.07) is 12.8. The number of benzene rings is 2. The fourth-order valence-corrected chi connectivity index (χ4v) is 2.64. The first-order valence-electron chi connectivity index (χ1n) is 9.23. The minimum Gasteiger partial charge on any atom is -0.493 e. The number of hydrogen-bond acceptors (Lipinski definition) is 5. The van der Waals surface area contributed by atoms with Gasteiger partial charge in [-0.2, -0.15) is 0 Å². The molecule has 0 unspecified atom stereocenters. The lowest BCUT2D eigenvalue weighted by atomic mass is 10.1. The predicted molar refractivity (Wildman–Crippen MR) is 107 cm³/mol. The molecule has 0 heterocycles. The van der Waals surface area contributed by atoms with Gasteiger partial charge < -0.3 is 19.5 Å². The number of methoxy groups -OCH3 is 1. The van der Waals surface area contributed by atoms with E-state index in [0.29, 0.717) is 23.6 Å². The van der Waals surface area contributed by atoms with Gasteiger partial charge in [0, 0.05) is 6.54 Å². The SMILES string of the molecule is COc1cc(C(=O)OCC(=O)NCCc2ccccc2C)ccc1OC(C)C. The van der Waals surface area contributed by atoms with E-state index in [4.69, 9.17) is 14.2 Å². The van der Waals surface area contributed by atoms with E-state index in [1.165, 1.54) is 24.3 Å². The van der Waals surface area contributed by atoms with Crippen molar-refractivity contribution in [3.63, 3.8) is 0 Å². The Kier molecular flexibility index (Phi) is 7.87. The molecule has 2 aromatic carbocycles. The molecule has 0 saturated carbocycles. The number of rotatable bonds is 9. The molecule has 0 fully saturated rings. The number of carbonyl (C=O) groups excluding carboxylic acids is 2. The molecule has 0 aliphatic heterocycles. The van der Waals surface area contributed by atoms with E-state index in [0.717, 1.165) is 6.42 Å². The molecule has 0 bridgehead atoms. The highest BCUT2D eigenvalue weighted by Crippen LogP contribution is 2.29. The lowest BCUT2D eigenvalue weighted by Gasteiger charge is -2.14. The first-order chi connectivity index (χ1) is 13.4. The molecule has 0 saturated heterocycles. The first kappa shape index (κ1) is 21.3. The van der Waals surface area contributed by atoms with Crippen LogP contribution in [0.3, 0.4) is 0 Å². The summed E-state index contributed by atoms with van der Waals surface area (Å²) in [4.78, 5) is 24.1. The molecule has 2 rings (SSSR count). The normalized spacial score (nSPS) is 10.5. The standard InChI is InChI=1S/C22H27NO5/c1-15(2)28-19-10-9-18(13-20(19)26-4)22(25)27-14-21(24)23-12-11-17-8-6-5-7-16(17)3/h5-10,13,15H,11-12,14H2,1-4H3,(H,23,24). The van der Waals surface area contributed by atoms with Crippen LogP contribution in [0.5, 0.6) is 11.5 Å². The van der Waals surface area contributed by atoms with Crippen molar-refractivity contribution in [3.8, 4) is 11.5 Å². The molecule has 1 amide bonds. The van der Waals surface area contributed by atoms with Crippen LogP contribution in [0.2, 0.25) is 0 Å². The molecule has 6 heteroatoms. The quantitative estimate of drug-likeness (QED) is 0.671. The number of ether oxygens (including phenoxy) is 3. The van der Waals surface area contributed by atoms with Crippen LogP contribution in [0.25, 0.3) is 0 Å². The Bertz CT molecular complexity index is 816. The van der Waals surface area contributed by atoms with Gasteiger partial charge in [0.25, 0.3) is 5.91 Å². The van der Waals surface area contributed by atoms with Gasteiger partial charge in [-0.25, -0.2) is 4.79 Å². The Morgan fingerprint density at radius 2 is 1.82 bits per heavy atom. The topological polar surface area (TPSA) is 73.9 Å². The highest BCUT2D eigenvalue weighted by atomic mass is 16.5. The second-order valence-corrected chi connectivity index (χ2v) is 6.63. The van der Waals surface area contributed by atoms with Gasteiger partial charge in [0.1, 0.15) is 0 Å². The Morgan fingerprint density at radius 3 is 2.50 bits per heavy atom. The minimum atomic E-state index is -0.594. The van der Waals surface area contributed by atoms with Crippen molar-refractivity contribution < 1.29 is 23.8 Å². The summed E-state index contributed by atoms with van der Waals surface area (Å²) in [5.41, 5.74) is 2.65. The molecular weight excluding hydrogens is 358 g/mol. The summed E-state index contributed by atoms with van der Waals surface area (Å²) >= 11 is 0. The highest BCUT2D eigenvalue weighted by Gasteiger charge is 2.14. The zero-order chi connectivity index (χ0) is 20.5. The Hall–Kier alpha value is -3.02. The van der Waals surface area contributed by atoms with Crippen LogP contribution in [0.15, 0.2) is 42.5 Å². The number of nitrogens with one attached hydrogen (secondary N) is 1. The number of aryl methyl sites for hydroxylation is 1. The zero-order valence-corrected chi connectivity index (χ0v) is 16.8. The summed E-state index contributed by atoms with van der Waals surface area (Å²) in [5, 5.41) is 2.76. The molecular formula is C22H27NO5. The van der Waals surface area contributed by atoms with Gasteiger partial charge in [-0.05, 0) is 56.5 Å². The maximum Gasteiger partial charge on any atom is 0.338 e. The van der Waals surface area contributed by atoms with E-state index in [9.17, 15) is 9.59 Å². The first-order valence-corrected chi connectivity index (χ1v) is 9.23. The van der Waals surface area contributed by atoms with Crippen LogP contribution in [0.4, 0.5) is 0 Å². The molecule has 0 aliphatic carbocycles. The lowest BCUT2D eigenvalue weighted by Crippen LogP contribution is -2.30. The van der Waals surface area contributed by atoms with Crippen LogP contribution >= 0.6 is 0 Å².